The van der Waals surface area contributed by atoms with E-state index in [2.05, 4.69) is 34.3 Å². The van der Waals surface area contributed by atoms with Gasteiger partial charge in [-0.1, -0.05) is 24.3 Å². The average molecular weight is 280 g/mol. The fraction of sp³-hybridized carbons (Fsp3) is 0.125. The third kappa shape index (κ3) is 2.58. The van der Waals surface area contributed by atoms with Gasteiger partial charge in [0.2, 0.25) is 0 Å². The van der Waals surface area contributed by atoms with E-state index < -0.39 is 0 Å². The summed E-state index contributed by atoms with van der Waals surface area (Å²) >= 11 is 0. The van der Waals surface area contributed by atoms with Gasteiger partial charge in [0.1, 0.15) is 0 Å². The zero-order valence-corrected chi connectivity index (χ0v) is 11.7. The standard InChI is InChI=1S/C16H16N4O/c1-10-4-2-3-5-11(10)8-18-15-7-14-12(6-13(15)17)16(21)20-9-19-14/h2-7,9,18H,8,17H2,1H3,(H,19,20,21). The molecule has 0 fully saturated rings. The number of fused-ring (bicyclic) bond motifs is 1. The molecule has 21 heavy (non-hydrogen) atoms. The number of anilines is 2. The molecule has 4 N–H and O–H groups in total. The Morgan fingerprint density at radius 1 is 1.29 bits per heavy atom. The van der Waals surface area contributed by atoms with Crippen LogP contribution >= 0.6 is 0 Å². The monoisotopic (exact) mass is 280 g/mol. The van der Waals surface area contributed by atoms with E-state index in [4.69, 9.17) is 5.73 Å². The molecule has 0 saturated carbocycles. The summed E-state index contributed by atoms with van der Waals surface area (Å²) in [5.41, 5.74) is 10.2. The minimum Gasteiger partial charge on any atom is -0.397 e. The summed E-state index contributed by atoms with van der Waals surface area (Å²) in [6.07, 6.45) is 1.39. The summed E-state index contributed by atoms with van der Waals surface area (Å²) in [4.78, 5) is 18.4. The van der Waals surface area contributed by atoms with Crippen LogP contribution in [0.2, 0.25) is 0 Å². The Morgan fingerprint density at radius 3 is 2.90 bits per heavy atom. The molecule has 5 nitrogen and oxygen atoms in total. The molecule has 3 rings (SSSR count). The number of benzene rings is 2. The number of aromatic nitrogens is 2. The number of nitrogens with one attached hydrogen (secondary N) is 2. The van der Waals surface area contributed by atoms with Crippen molar-refractivity contribution in [2.75, 3.05) is 11.1 Å². The van der Waals surface area contributed by atoms with Crippen molar-refractivity contribution in [1.29, 1.82) is 0 Å². The molecule has 2 aromatic carbocycles. The van der Waals surface area contributed by atoms with Crippen LogP contribution in [0.15, 0.2) is 47.5 Å². The van der Waals surface area contributed by atoms with Gasteiger partial charge < -0.3 is 16.0 Å². The molecule has 5 heteroatoms. The van der Waals surface area contributed by atoms with E-state index in [0.717, 1.165) is 5.69 Å². The summed E-state index contributed by atoms with van der Waals surface area (Å²) in [5.74, 6) is 0. The van der Waals surface area contributed by atoms with E-state index >= 15 is 0 Å². The van der Waals surface area contributed by atoms with E-state index in [1.807, 2.05) is 12.1 Å². The highest BCUT2D eigenvalue weighted by Gasteiger charge is 2.06. The second kappa shape index (κ2) is 5.28. The highest BCUT2D eigenvalue weighted by Crippen LogP contribution is 2.23. The number of H-pyrrole nitrogens is 1. The van der Waals surface area contributed by atoms with Crippen LogP contribution in [0, 0.1) is 6.92 Å². The van der Waals surface area contributed by atoms with Crippen LogP contribution in [-0.2, 0) is 6.54 Å². The van der Waals surface area contributed by atoms with Crippen molar-refractivity contribution in [3.05, 3.63) is 64.2 Å². The number of nitrogens with zero attached hydrogens (tertiary/aromatic N) is 1. The smallest absolute Gasteiger partial charge is 0.258 e. The van der Waals surface area contributed by atoms with Crippen molar-refractivity contribution in [1.82, 2.24) is 9.97 Å². The van der Waals surface area contributed by atoms with Crippen LogP contribution < -0.4 is 16.6 Å². The molecule has 0 bridgehead atoms. The molecule has 0 atom stereocenters. The van der Waals surface area contributed by atoms with Gasteiger partial charge in [-0.25, -0.2) is 4.98 Å². The second-order valence-electron chi connectivity index (χ2n) is 4.97. The molecule has 0 unspecified atom stereocenters. The SMILES string of the molecule is Cc1ccccc1CNc1cc2nc[nH]c(=O)c2cc1N. The normalized spacial score (nSPS) is 10.7. The van der Waals surface area contributed by atoms with E-state index in [0.29, 0.717) is 23.1 Å². The molecule has 0 aliphatic heterocycles. The van der Waals surface area contributed by atoms with E-state index in [-0.39, 0.29) is 5.56 Å². The molecule has 0 spiro atoms. The minimum atomic E-state index is -0.183. The topological polar surface area (TPSA) is 83.8 Å². The molecule has 1 heterocycles. The number of aromatic amines is 1. The largest absolute Gasteiger partial charge is 0.397 e. The van der Waals surface area contributed by atoms with Crippen LogP contribution in [0.1, 0.15) is 11.1 Å². The van der Waals surface area contributed by atoms with E-state index in [1.54, 1.807) is 12.1 Å². The average Bonchev–Trinajstić information content (AvgIpc) is 2.48. The zero-order chi connectivity index (χ0) is 14.8. The van der Waals surface area contributed by atoms with E-state index in [9.17, 15) is 4.79 Å². The molecule has 0 saturated heterocycles. The first-order chi connectivity index (χ1) is 10.1. The maximum absolute atomic E-state index is 11.7. The van der Waals surface area contributed by atoms with Crippen LogP contribution in [0.3, 0.4) is 0 Å². The lowest BCUT2D eigenvalue weighted by molar-refractivity contribution is 1.12. The van der Waals surface area contributed by atoms with Crippen LogP contribution in [0.25, 0.3) is 10.9 Å². The number of hydrogen-bond donors (Lipinski definition) is 3. The first kappa shape index (κ1) is 13.2. The maximum atomic E-state index is 11.7. The lowest BCUT2D eigenvalue weighted by atomic mass is 10.1. The quantitative estimate of drug-likeness (QED) is 0.643. The zero-order valence-electron chi connectivity index (χ0n) is 11.7. The fourth-order valence-electron chi connectivity index (χ4n) is 2.28. The maximum Gasteiger partial charge on any atom is 0.258 e. The van der Waals surface area contributed by atoms with E-state index in [1.165, 1.54) is 17.5 Å². The number of nitrogen functional groups attached to an aromatic ring is 1. The van der Waals surface area contributed by atoms with Gasteiger partial charge in [-0.2, -0.15) is 0 Å². The third-order valence-electron chi connectivity index (χ3n) is 3.54. The molecule has 0 radical (unpaired) electrons. The van der Waals surface area contributed by atoms with Crippen LogP contribution in [0.4, 0.5) is 11.4 Å². The molecular weight excluding hydrogens is 264 g/mol. The molecule has 106 valence electrons. The summed E-state index contributed by atoms with van der Waals surface area (Å²) in [5, 5.41) is 3.80. The van der Waals surface area contributed by atoms with Gasteiger partial charge in [0, 0.05) is 6.54 Å². The Kier molecular flexibility index (Phi) is 3.31. The van der Waals surface area contributed by atoms with Gasteiger partial charge in [0.05, 0.1) is 28.6 Å². The lowest BCUT2D eigenvalue weighted by Crippen LogP contribution is -2.09. The molecule has 1 aromatic heterocycles. The molecule has 3 aromatic rings. The third-order valence-corrected chi connectivity index (χ3v) is 3.54. The summed E-state index contributed by atoms with van der Waals surface area (Å²) in [6.45, 7) is 2.74. The molecule has 0 aliphatic carbocycles. The van der Waals surface area contributed by atoms with Crippen molar-refractivity contribution >= 4 is 22.3 Å². The summed E-state index contributed by atoms with van der Waals surface area (Å²) < 4.78 is 0. The summed E-state index contributed by atoms with van der Waals surface area (Å²) in [7, 11) is 0. The summed E-state index contributed by atoms with van der Waals surface area (Å²) in [6, 6.07) is 11.6. The van der Waals surface area contributed by atoms with Crippen LogP contribution in [-0.4, -0.2) is 9.97 Å². The Balaban J connectivity index is 1.93. The van der Waals surface area contributed by atoms with Crippen molar-refractivity contribution in [2.45, 2.75) is 13.5 Å². The van der Waals surface area contributed by atoms with Crippen molar-refractivity contribution in [3.8, 4) is 0 Å². The first-order valence-electron chi connectivity index (χ1n) is 6.70. The minimum absolute atomic E-state index is 0.183. The van der Waals surface area contributed by atoms with Gasteiger partial charge in [0.15, 0.2) is 0 Å². The second-order valence-corrected chi connectivity index (χ2v) is 4.97. The predicted molar refractivity (Wildman–Crippen MR) is 85.3 cm³/mol. The highest BCUT2D eigenvalue weighted by atomic mass is 16.1. The van der Waals surface area contributed by atoms with Gasteiger partial charge in [0.25, 0.3) is 5.56 Å². The lowest BCUT2D eigenvalue weighted by Gasteiger charge is -2.11. The predicted octanol–water partition coefficient (Wildman–Crippen LogP) is 2.43. The number of hydrogen-bond acceptors (Lipinski definition) is 4. The Labute approximate surface area is 121 Å². The number of nitrogens with two attached hydrogens (primary N) is 1. The van der Waals surface area contributed by atoms with Gasteiger partial charge in [-0.3, -0.25) is 4.79 Å². The fourth-order valence-corrected chi connectivity index (χ4v) is 2.28. The van der Waals surface area contributed by atoms with Crippen molar-refractivity contribution in [3.63, 3.8) is 0 Å². The van der Waals surface area contributed by atoms with Gasteiger partial charge in [-0.15, -0.1) is 0 Å². The number of rotatable bonds is 3. The van der Waals surface area contributed by atoms with Crippen LogP contribution in [0.5, 0.6) is 0 Å². The number of aryl methyl sites for hydroxylation is 1. The first-order valence-corrected chi connectivity index (χ1v) is 6.70. The Bertz CT molecular complexity index is 854. The Hall–Kier alpha value is -2.82. The molecular formula is C16H16N4O. The molecule has 0 amide bonds. The van der Waals surface area contributed by atoms with Gasteiger partial charge in [-0.05, 0) is 30.2 Å². The van der Waals surface area contributed by atoms with Gasteiger partial charge >= 0.3 is 0 Å². The Morgan fingerprint density at radius 2 is 2.10 bits per heavy atom. The van der Waals surface area contributed by atoms with Crippen molar-refractivity contribution in [2.24, 2.45) is 0 Å². The molecule has 0 aliphatic rings. The van der Waals surface area contributed by atoms with Crippen molar-refractivity contribution < 1.29 is 0 Å². The highest BCUT2D eigenvalue weighted by molar-refractivity contribution is 5.88.